The number of carbonyl (C=O) groups is 1. The second kappa shape index (κ2) is 6.67. The topological polar surface area (TPSA) is 56.1 Å². The molecule has 5 heteroatoms. The van der Waals surface area contributed by atoms with Gasteiger partial charge in [-0.15, -0.1) is 0 Å². The molecule has 0 saturated heterocycles. The molecule has 1 heterocycles. The van der Waals surface area contributed by atoms with Crippen LogP contribution in [0.3, 0.4) is 0 Å². The molecule has 0 radical (unpaired) electrons. The Morgan fingerprint density at radius 1 is 1.15 bits per heavy atom. The van der Waals surface area contributed by atoms with Crippen molar-refractivity contribution in [1.82, 2.24) is 14.9 Å². The summed E-state index contributed by atoms with van der Waals surface area (Å²) < 4.78 is 7.13. The van der Waals surface area contributed by atoms with Gasteiger partial charge >= 0.3 is 0 Å². The number of nitrogens with one attached hydrogen (secondary N) is 1. The minimum Gasteiger partial charge on any atom is -0.497 e. The van der Waals surface area contributed by atoms with Gasteiger partial charge in [0.25, 0.3) is 5.91 Å². The van der Waals surface area contributed by atoms with E-state index in [-0.39, 0.29) is 11.3 Å². The number of ether oxygens (including phenoxy) is 1. The highest BCUT2D eigenvalue weighted by Crippen LogP contribution is 2.47. The summed E-state index contributed by atoms with van der Waals surface area (Å²) in [5, 5.41) is 3.09. The Hall–Kier alpha value is -3.08. The van der Waals surface area contributed by atoms with Crippen LogP contribution in [0.1, 0.15) is 28.8 Å². The van der Waals surface area contributed by atoms with Crippen LogP contribution in [0.25, 0.3) is 5.69 Å². The summed E-state index contributed by atoms with van der Waals surface area (Å²) in [7, 11) is 1.67. The molecule has 26 heavy (non-hydrogen) atoms. The molecule has 2 aromatic carbocycles. The number of carbonyl (C=O) groups excluding carboxylic acids is 1. The van der Waals surface area contributed by atoms with Gasteiger partial charge in [0.15, 0.2) is 0 Å². The lowest BCUT2D eigenvalue weighted by atomic mass is 9.95. The summed E-state index contributed by atoms with van der Waals surface area (Å²) in [6.45, 7) is 0.654. The van der Waals surface area contributed by atoms with E-state index in [1.165, 1.54) is 5.56 Å². The van der Waals surface area contributed by atoms with Crippen LogP contribution in [0.2, 0.25) is 0 Å². The van der Waals surface area contributed by atoms with E-state index in [4.69, 9.17) is 4.74 Å². The molecule has 1 N–H and O–H groups in total. The van der Waals surface area contributed by atoms with Gasteiger partial charge in [0.05, 0.1) is 13.4 Å². The predicted molar refractivity (Wildman–Crippen MR) is 99.8 cm³/mol. The molecule has 1 aliphatic carbocycles. The minimum atomic E-state index is -0.0398. The molecule has 0 bridgehead atoms. The molecular weight excluding hydrogens is 326 g/mol. The van der Waals surface area contributed by atoms with Crippen molar-refractivity contribution in [1.29, 1.82) is 0 Å². The summed E-state index contributed by atoms with van der Waals surface area (Å²) in [5.41, 5.74) is 2.97. The van der Waals surface area contributed by atoms with E-state index >= 15 is 0 Å². The average molecular weight is 347 g/mol. The fourth-order valence-electron chi connectivity index (χ4n) is 3.21. The number of rotatable bonds is 6. The first-order valence-electron chi connectivity index (χ1n) is 8.71. The summed E-state index contributed by atoms with van der Waals surface area (Å²) in [6, 6.07) is 15.7. The summed E-state index contributed by atoms with van der Waals surface area (Å²) in [5.74, 6) is 0.813. The molecule has 4 rings (SSSR count). The molecule has 3 aromatic rings. The van der Waals surface area contributed by atoms with Crippen LogP contribution >= 0.6 is 0 Å². The minimum absolute atomic E-state index is 0.0398. The van der Waals surface area contributed by atoms with E-state index in [1.54, 1.807) is 19.6 Å². The quantitative estimate of drug-likeness (QED) is 0.744. The van der Waals surface area contributed by atoms with Crippen molar-refractivity contribution in [2.24, 2.45) is 0 Å². The van der Waals surface area contributed by atoms with Crippen molar-refractivity contribution >= 4 is 5.91 Å². The molecule has 132 valence electrons. The average Bonchev–Trinajstić information content (AvgIpc) is 3.29. The predicted octanol–water partition coefficient (Wildman–Crippen LogP) is 3.34. The smallest absolute Gasteiger partial charge is 0.251 e. The van der Waals surface area contributed by atoms with Crippen LogP contribution in [0.15, 0.2) is 67.3 Å². The molecular formula is C21H21N3O2. The van der Waals surface area contributed by atoms with E-state index in [2.05, 4.69) is 22.4 Å². The van der Waals surface area contributed by atoms with Crippen molar-refractivity contribution in [3.05, 3.63) is 78.4 Å². The largest absolute Gasteiger partial charge is 0.497 e. The number of imidazole rings is 1. The van der Waals surface area contributed by atoms with E-state index in [0.29, 0.717) is 12.1 Å². The van der Waals surface area contributed by atoms with Crippen molar-refractivity contribution < 1.29 is 9.53 Å². The number of methoxy groups -OCH3 is 1. The third kappa shape index (κ3) is 3.20. The number of nitrogens with zero attached hydrogens (tertiary/aromatic N) is 2. The first kappa shape index (κ1) is 16.4. The normalized spacial score (nSPS) is 14.7. The fraction of sp³-hybridized carbons (Fsp3) is 0.238. The molecule has 1 saturated carbocycles. The molecule has 1 aliphatic rings. The zero-order valence-corrected chi connectivity index (χ0v) is 14.7. The summed E-state index contributed by atoms with van der Waals surface area (Å²) in [4.78, 5) is 16.5. The van der Waals surface area contributed by atoms with Crippen molar-refractivity contribution in [3.8, 4) is 11.4 Å². The van der Waals surface area contributed by atoms with Crippen LogP contribution < -0.4 is 10.1 Å². The first-order chi connectivity index (χ1) is 12.7. The maximum absolute atomic E-state index is 12.5. The van der Waals surface area contributed by atoms with Crippen LogP contribution in [-0.4, -0.2) is 29.1 Å². The second-order valence-corrected chi connectivity index (χ2v) is 6.71. The van der Waals surface area contributed by atoms with Gasteiger partial charge in [-0.3, -0.25) is 4.79 Å². The molecule has 0 aliphatic heterocycles. The van der Waals surface area contributed by atoms with E-state index in [1.807, 2.05) is 47.2 Å². The van der Waals surface area contributed by atoms with Crippen LogP contribution in [0.4, 0.5) is 0 Å². The Balaban J connectivity index is 1.40. The molecule has 0 spiro atoms. The van der Waals surface area contributed by atoms with Crippen LogP contribution in [0.5, 0.6) is 5.75 Å². The lowest BCUT2D eigenvalue weighted by Crippen LogP contribution is -2.32. The highest BCUT2D eigenvalue weighted by Gasteiger charge is 2.44. The standard InChI is InChI=1S/C21H21N3O2/c1-26-19-8-4-17(5-9-19)21(10-11-21)14-23-20(25)16-2-6-18(7-3-16)24-13-12-22-15-24/h2-9,12-13,15H,10-11,14H2,1H3,(H,23,25). The van der Waals surface area contributed by atoms with Gasteiger partial charge in [0.2, 0.25) is 0 Å². The van der Waals surface area contributed by atoms with E-state index in [0.717, 1.165) is 24.3 Å². The fourth-order valence-corrected chi connectivity index (χ4v) is 3.21. The summed E-state index contributed by atoms with van der Waals surface area (Å²) >= 11 is 0. The van der Waals surface area contributed by atoms with Crippen LogP contribution in [-0.2, 0) is 5.41 Å². The Bertz CT molecular complexity index is 880. The van der Waals surface area contributed by atoms with E-state index in [9.17, 15) is 4.79 Å². The number of hydrogen-bond donors (Lipinski definition) is 1. The molecule has 0 unspecified atom stereocenters. The lowest BCUT2D eigenvalue weighted by Gasteiger charge is -2.17. The monoisotopic (exact) mass is 347 g/mol. The third-order valence-electron chi connectivity index (χ3n) is 5.08. The SMILES string of the molecule is COc1ccc(C2(CNC(=O)c3ccc(-n4ccnc4)cc3)CC2)cc1. The van der Waals surface area contributed by atoms with Crippen molar-refractivity contribution in [2.75, 3.05) is 13.7 Å². The molecule has 0 atom stereocenters. The number of benzene rings is 2. The van der Waals surface area contributed by atoms with Gasteiger partial charge < -0.3 is 14.6 Å². The number of amides is 1. The zero-order chi connectivity index (χ0) is 18.0. The second-order valence-electron chi connectivity index (χ2n) is 6.71. The highest BCUT2D eigenvalue weighted by molar-refractivity contribution is 5.94. The van der Waals surface area contributed by atoms with E-state index < -0.39 is 0 Å². The summed E-state index contributed by atoms with van der Waals surface area (Å²) in [6.07, 6.45) is 7.54. The van der Waals surface area contributed by atoms with Crippen LogP contribution in [0, 0.1) is 0 Å². The molecule has 1 amide bonds. The Morgan fingerprint density at radius 3 is 2.46 bits per heavy atom. The maximum atomic E-state index is 12.5. The van der Waals surface area contributed by atoms with Gasteiger partial charge in [-0.25, -0.2) is 4.98 Å². The molecule has 1 aromatic heterocycles. The molecule has 1 fully saturated rings. The highest BCUT2D eigenvalue weighted by atomic mass is 16.5. The van der Waals surface area contributed by atoms with Gasteiger partial charge in [0.1, 0.15) is 5.75 Å². The third-order valence-corrected chi connectivity index (χ3v) is 5.08. The lowest BCUT2D eigenvalue weighted by molar-refractivity contribution is 0.0949. The Kier molecular flexibility index (Phi) is 4.21. The van der Waals surface area contributed by atoms with Gasteiger partial charge in [-0.1, -0.05) is 12.1 Å². The van der Waals surface area contributed by atoms with Crippen molar-refractivity contribution in [2.45, 2.75) is 18.3 Å². The Labute approximate surface area is 152 Å². The van der Waals surface area contributed by atoms with Crippen molar-refractivity contribution in [3.63, 3.8) is 0 Å². The van der Waals surface area contributed by atoms with Gasteiger partial charge in [-0.2, -0.15) is 0 Å². The Morgan fingerprint density at radius 2 is 1.88 bits per heavy atom. The first-order valence-corrected chi connectivity index (χ1v) is 8.71. The number of aromatic nitrogens is 2. The zero-order valence-electron chi connectivity index (χ0n) is 14.7. The number of hydrogen-bond acceptors (Lipinski definition) is 3. The maximum Gasteiger partial charge on any atom is 0.251 e. The van der Waals surface area contributed by atoms with Gasteiger partial charge in [0, 0.05) is 35.6 Å². The van der Waals surface area contributed by atoms with Gasteiger partial charge in [-0.05, 0) is 54.8 Å². The molecule has 5 nitrogen and oxygen atoms in total.